The van der Waals surface area contributed by atoms with Gasteiger partial charge in [-0.05, 0) is 59.3 Å². The molecule has 2 amide bonds. The van der Waals surface area contributed by atoms with Gasteiger partial charge in [0.1, 0.15) is 0 Å². The van der Waals surface area contributed by atoms with Crippen LogP contribution in [0.1, 0.15) is 43.0 Å². The number of amides is 2. The van der Waals surface area contributed by atoms with Crippen molar-refractivity contribution in [2.75, 3.05) is 26.2 Å². The molecule has 0 unspecified atom stereocenters. The second-order valence-corrected chi connectivity index (χ2v) is 10.1. The van der Waals surface area contributed by atoms with Crippen molar-refractivity contribution in [1.82, 2.24) is 9.21 Å². The first-order valence-electron chi connectivity index (χ1n) is 9.50. The highest BCUT2D eigenvalue weighted by Gasteiger charge is 2.31. The summed E-state index contributed by atoms with van der Waals surface area (Å²) >= 11 is 3.25. The first-order valence-corrected chi connectivity index (χ1v) is 11.7. The van der Waals surface area contributed by atoms with Crippen LogP contribution in [0, 0.1) is 5.92 Å². The third kappa shape index (κ3) is 4.87. The number of esters is 1. The molecule has 1 aromatic rings. The van der Waals surface area contributed by atoms with Crippen LogP contribution >= 0.6 is 15.9 Å². The topological polar surface area (TPSA) is 101 Å². The molecule has 158 valence electrons. The van der Waals surface area contributed by atoms with Crippen LogP contribution < -0.4 is 0 Å². The Kier molecular flexibility index (Phi) is 6.75. The van der Waals surface area contributed by atoms with Crippen molar-refractivity contribution in [2.45, 2.75) is 37.5 Å². The van der Waals surface area contributed by atoms with Crippen molar-refractivity contribution in [3.8, 4) is 0 Å². The summed E-state index contributed by atoms with van der Waals surface area (Å²) in [5.41, 5.74) is 0.0256. The number of rotatable bonds is 5. The summed E-state index contributed by atoms with van der Waals surface area (Å²) < 4.78 is 32.8. The smallest absolute Gasteiger partial charge is 0.338 e. The predicted molar refractivity (Wildman–Crippen MR) is 108 cm³/mol. The van der Waals surface area contributed by atoms with E-state index in [1.807, 2.05) is 0 Å². The summed E-state index contributed by atoms with van der Waals surface area (Å²) in [7, 11) is -3.76. The Hall–Kier alpha value is -1.78. The number of imide groups is 1. The number of piperidine rings is 1. The second kappa shape index (κ2) is 8.93. The minimum Gasteiger partial charge on any atom is -0.452 e. The van der Waals surface area contributed by atoms with E-state index in [4.69, 9.17) is 4.74 Å². The van der Waals surface area contributed by atoms with E-state index in [1.165, 1.54) is 22.5 Å². The molecule has 0 aromatic heterocycles. The first kappa shape index (κ1) is 21.9. The highest BCUT2D eigenvalue weighted by Crippen LogP contribution is 2.29. The van der Waals surface area contributed by atoms with Crippen LogP contribution in [0.2, 0.25) is 0 Å². The second-order valence-electron chi connectivity index (χ2n) is 7.35. The maximum Gasteiger partial charge on any atom is 0.338 e. The number of likely N-dealkylation sites (tertiary alicyclic amines) is 1. The number of halogens is 1. The number of ether oxygens (including phenoxy) is 1. The van der Waals surface area contributed by atoms with E-state index in [2.05, 4.69) is 22.9 Å². The first-order chi connectivity index (χ1) is 13.7. The highest BCUT2D eigenvalue weighted by atomic mass is 79.9. The van der Waals surface area contributed by atoms with Crippen LogP contribution in [0.3, 0.4) is 0 Å². The number of hydrogen-bond donors (Lipinski definition) is 0. The molecule has 2 fully saturated rings. The normalized spacial score (nSPS) is 18.8. The SMILES string of the molecule is CC1CCN(S(=O)(=O)c2cc(C(=O)OCC(=O)N3CCCC3=O)ccc2Br)CC1. The van der Waals surface area contributed by atoms with Gasteiger partial charge in [0.25, 0.3) is 5.91 Å². The molecule has 0 radical (unpaired) electrons. The molecule has 8 nitrogen and oxygen atoms in total. The van der Waals surface area contributed by atoms with Crippen LogP contribution in [-0.4, -0.2) is 61.6 Å². The summed E-state index contributed by atoms with van der Waals surface area (Å²) in [6.45, 7) is 2.72. The number of carbonyl (C=O) groups is 3. The summed E-state index contributed by atoms with van der Waals surface area (Å²) in [6.07, 6.45) is 2.48. The molecule has 0 saturated carbocycles. The molecule has 0 spiro atoms. The Morgan fingerprint density at radius 1 is 1.21 bits per heavy atom. The van der Waals surface area contributed by atoms with E-state index >= 15 is 0 Å². The van der Waals surface area contributed by atoms with Crippen LogP contribution in [0.25, 0.3) is 0 Å². The van der Waals surface area contributed by atoms with Gasteiger partial charge >= 0.3 is 5.97 Å². The standard InChI is InChI=1S/C19H23BrN2O6S/c1-13-6-9-21(10-7-13)29(26,27)16-11-14(4-5-15(16)20)19(25)28-12-18(24)22-8-2-3-17(22)23/h4-5,11,13H,2-3,6-10,12H2,1H3. The van der Waals surface area contributed by atoms with E-state index in [0.717, 1.165) is 17.7 Å². The van der Waals surface area contributed by atoms with E-state index in [-0.39, 0.29) is 16.4 Å². The monoisotopic (exact) mass is 486 g/mol. The van der Waals surface area contributed by atoms with Crippen LogP contribution in [0.15, 0.2) is 27.6 Å². The maximum atomic E-state index is 13.0. The average molecular weight is 487 g/mol. The maximum absolute atomic E-state index is 13.0. The number of benzene rings is 1. The zero-order valence-electron chi connectivity index (χ0n) is 16.1. The highest BCUT2D eigenvalue weighted by molar-refractivity contribution is 9.10. The van der Waals surface area contributed by atoms with E-state index < -0.39 is 28.5 Å². The van der Waals surface area contributed by atoms with Crippen molar-refractivity contribution in [2.24, 2.45) is 5.92 Å². The lowest BCUT2D eigenvalue weighted by atomic mass is 10.0. The van der Waals surface area contributed by atoms with E-state index in [9.17, 15) is 22.8 Å². The molecule has 0 N–H and O–H groups in total. The zero-order chi connectivity index (χ0) is 21.2. The van der Waals surface area contributed by atoms with Crippen molar-refractivity contribution >= 4 is 43.7 Å². The van der Waals surface area contributed by atoms with Gasteiger partial charge < -0.3 is 4.74 Å². The van der Waals surface area contributed by atoms with Crippen LogP contribution in [0.4, 0.5) is 0 Å². The van der Waals surface area contributed by atoms with Gasteiger partial charge in [-0.15, -0.1) is 0 Å². The van der Waals surface area contributed by atoms with Crippen molar-refractivity contribution in [1.29, 1.82) is 0 Å². The Morgan fingerprint density at radius 3 is 2.52 bits per heavy atom. The summed E-state index contributed by atoms with van der Waals surface area (Å²) in [5.74, 6) is -1.19. The molecular weight excluding hydrogens is 464 g/mol. The molecule has 2 aliphatic rings. The Labute approximate surface area is 178 Å². The minimum absolute atomic E-state index is 0.0115. The molecule has 2 aliphatic heterocycles. The van der Waals surface area contributed by atoms with Gasteiger partial charge in [-0.3, -0.25) is 14.5 Å². The van der Waals surface area contributed by atoms with Gasteiger partial charge in [0, 0.05) is 30.5 Å². The van der Waals surface area contributed by atoms with Gasteiger partial charge in [0.05, 0.1) is 10.5 Å². The van der Waals surface area contributed by atoms with Gasteiger partial charge in [-0.1, -0.05) is 6.92 Å². The Bertz CT molecular complexity index is 925. The van der Waals surface area contributed by atoms with Gasteiger partial charge in [0.2, 0.25) is 15.9 Å². The summed E-state index contributed by atoms with van der Waals surface area (Å²) in [4.78, 5) is 37.0. The molecule has 3 rings (SSSR count). The third-order valence-corrected chi connectivity index (χ3v) is 8.12. The van der Waals surface area contributed by atoms with Gasteiger partial charge in [0.15, 0.2) is 6.61 Å². The largest absolute Gasteiger partial charge is 0.452 e. The Balaban J connectivity index is 1.72. The molecular formula is C19H23BrN2O6S. The summed E-state index contributed by atoms with van der Waals surface area (Å²) in [5, 5.41) is 0. The number of carbonyl (C=O) groups excluding carboxylic acids is 3. The molecule has 2 heterocycles. The average Bonchev–Trinajstić information content (AvgIpc) is 3.12. The quantitative estimate of drug-likeness (QED) is 0.591. The number of hydrogen-bond acceptors (Lipinski definition) is 6. The van der Waals surface area contributed by atoms with E-state index in [0.29, 0.717) is 42.9 Å². The van der Waals surface area contributed by atoms with Crippen molar-refractivity contribution in [3.05, 3.63) is 28.2 Å². The Morgan fingerprint density at radius 2 is 1.90 bits per heavy atom. The fourth-order valence-electron chi connectivity index (χ4n) is 3.39. The molecule has 0 bridgehead atoms. The van der Waals surface area contributed by atoms with Gasteiger partial charge in [-0.25, -0.2) is 13.2 Å². The molecule has 0 aliphatic carbocycles. The van der Waals surface area contributed by atoms with Crippen molar-refractivity contribution < 1.29 is 27.5 Å². The number of sulfonamides is 1. The minimum atomic E-state index is -3.76. The zero-order valence-corrected chi connectivity index (χ0v) is 18.5. The lowest BCUT2D eigenvalue weighted by Gasteiger charge is -2.29. The fraction of sp³-hybridized carbons (Fsp3) is 0.526. The lowest BCUT2D eigenvalue weighted by Crippen LogP contribution is -2.38. The van der Waals surface area contributed by atoms with Crippen LogP contribution in [0.5, 0.6) is 0 Å². The molecule has 29 heavy (non-hydrogen) atoms. The van der Waals surface area contributed by atoms with Crippen molar-refractivity contribution in [3.63, 3.8) is 0 Å². The predicted octanol–water partition coefficient (Wildman–Crippen LogP) is 2.18. The molecule has 1 aromatic carbocycles. The third-order valence-electron chi connectivity index (χ3n) is 5.23. The van der Waals surface area contributed by atoms with Crippen LogP contribution in [-0.2, 0) is 24.3 Å². The molecule has 0 atom stereocenters. The number of nitrogens with zero attached hydrogens (tertiary/aromatic N) is 2. The van der Waals surface area contributed by atoms with E-state index in [1.54, 1.807) is 0 Å². The molecule has 10 heteroatoms. The molecule has 2 saturated heterocycles. The summed E-state index contributed by atoms with van der Waals surface area (Å²) in [6, 6.07) is 4.16. The lowest BCUT2D eigenvalue weighted by molar-refractivity contribution is -0.143. The fourth-order valence-corrected chi connectivity index (χ4v) is 5.81. The van der Waals surface area contributed by atoms with Gasteiger partial charge in [-0.2, -0.15) is 4.31 Å².